The second-order valence-corrected chi connectivity index (χ2v) is 14.8. The summed E-state index contributed by atoms with van der Waals surface area (Å²) in [7, 11) is -4.52. The van der Waals surface area contributed by atoms with Crippen molar-refractivity contribution < 1.29 is 43.0 Å². The molecule has 0 rings (SSSR count). The number of aliphatic hydroxyl groups is 2. The van der Waals surface area contributed by atoms with E-state index in [0.717, 1.165) is 32.1 Å². The lowest BCUT2D eigenvalue weighted by atomic mass is 10.0. The summed E-state index contributed by atoms with van der Waals surface area (Å²) in [5.41, 5.74) is 0. The number of carbonyl (C=O) groups excluding carboxylic acids is 1. The average Bonchev–Trinajstić information content (AvgIpc) is 3.07. The molecular formula is C38H75O9P. The first-order valence-corrected chi connectivity index (χ1v) is 21.2. The van der Waals surface area contributed by atoms with Gasteiger partial charge in [0.2, 0.25) is 0 Å². The van der Waals surface area contributed by atoms with Crippen molar-refractivity contribution in [3.05, 3.63) is 12.3 Å². The predicted molar refractivity (Wildman–Crippen MR) is 196 cm³/mol. The zero-order chi connectivity index (χ0) is 35.4. The molecule has 0 aromatic heterocycles. The Balaban J connectivity index is 4.16. The number of rotatable bonds is 38. The highest BCUT2D eigenvalue weighted by Gasteiger charge is 2.26. The number of ether oxygens (including phenoxy) is 2. The van der Waals surface area contributed by atoms with Crippen molar-refractivity contribution in [3.8, 4) is 0 Å². The molecule has 0 spiro atoms. The lowest BCUT2D eigenvalue weighted by Crippen LogP contribution is -2.28. The fourth-order valence-corrected chi connectivity index (χ4v) is 6.29. The third kappa shape index (κ3) is 34.9. The number of aliphatic hydroxyl groups excluding tert-OH is 2. The highest BCUT2D eigenvalue weighted by Crippen LogP contribution is 2.43. The maximum Gasteiger partial charge on any atom is 0.472 e. The first-order valence-electron chi connectivity index (χ1n) is 19.7. The highest BCUT2D eigenvalue weighted by atomic mass is 31.2. The van der Waals surface area contributed by atoms with Crippen LogP contribution in [0.4, 0.5) is 0 Å². The zero-order valence-corrected chi connectivity index (χ0v) is 31.9. The quantitative estimate of drug-likeness (QED) is 0.0248. The van der Waals surface area contributed by atoms with Crippen molar-refractivity contribution in [2.45, 2.75) is 199 Å². The van der Waals surface area contributed by atoms with Gasteiger partial charge in [0.05, 0.1) is 26.1 Å². The maximum absolute atomic E-state index is 12.5. The largest absolute Gasteiger partial charge is 0.498 e. The molecule has 0 aliphatic heterocycles. The van der Waals surface area contributed by atoms with Crippen LogP contribution in [0, 0.1) is 0 Å². The van der Waals surface area contributed by atoms with Crippen LogP contribution in [-0.4, -0.2) is 59.7 Å². The first-order chi connectivity index (χ1) is 23.3. The normalized spacial score (nSPS) is 14.3. The summed E-state index contributed by atoms with van der Waals surface area (Å²) >= 11 is 0. The Bertz CT molecular complexity index is 764. The monoisotopic (exact) mass is 707 g/mol. The van der Waals surface area contributed by atoms with Crippen LogP contribution in [0.25, 0.3) is 0 Å². The van der Waals surface area contributed by atoms with E-state index in [0.29, 0.717) is 0 Å². The lowest BCUT2D eigenvalue weighted by molar-refractivity contribution is -0.153. The Morgan fingerprint density at radius 1 is 0.625 bits per heavy atom. The number of carbonyl (C=O) groups is 1. The zero-order valence-electron chi connectivity index (χ0n) is 31.0. The second-order valence-electron chi connectivity index (χ2n) is 13.4. The van der Waals surface area contributed by atoms with E-state index in [1.54, 1.807) is 6.26 Å². The number of phosphoric acid groups is 1. The summed E-state index contributed by atoms with van der Waals surface area (Å²) in [5, 5.41) is 18.3. The molecule has 48 heavy (non-hydrogen) atoms. The number of allylic oxidation sites excluding steroid dienone is 1. The van der Waals surface area contributed by atoms with Crippen molar-refractivity contribution in [2.24, 2.45) is 0 Å². The summed E-state index contributed by atoms with van der Waals surface area (Å²) in [6, 6.07) is 0. The van der Waals surface area contributed by atoms with Gasteiger partial charge in [0.15, 0.2) is 6.10 Å². The van der Waals surface area contributed by atoms with Gasteiger partial charge in [-0.3, -0.25) is 13.8 Å². The van der Waals surface area contributed by atoms with Crippen LogP contribution in [0.2, 0.25) is 0 Å². The van der Waals surface area contributed by atoms with Crippen LogP contribution in [0.5, 0.6) is 0 Å². The number of hydrogen-bond acceptors (Lipinski definition) is 8. The molecule has 9 nitrogen and oxygen atoms in total. The smallest absolute Gasteiger partial charge is 0.472 e. The molecule has 0 amide bonds. The summed E-state index contributed by atoms with van der Waals surface area (Å²) in [6.45, 7) is 2.87. The fraction of sp³-hybridized carbons (Fsp3) is 0.921. The van der Waals surface area contributed by atoms with Gasteiger partial charge in [-0.05, 0) is 25.3 Å². The Morgan fingerprint density at radius 2 is 1.04 bits per heavy atom. The predicted octanol–water partition coefficient (Wildman–Crippen LogP) is 10.5. The standard InChI is InChI=1S/C38H75O9P/c1-3-5-7-9-11-13-14-15-16-17-18-19-20-21-23-25-27-29-31-44-34-37(35-46-48(42,43)45-33-36(40)32-39)47-38(41)30-28-26-24-22-12-10-8-6-4-2/h29,31,36-37,39-40H,3-28,30,32-35H2,1-2H3,(H,42,43)/b31-29-/t36-,37+/m0/s1. The van der Waals surface area contributed by atoms with E-state index in [-0.39, 0.29) is 13.0 Å². The Labute approximate surface area is 294 Å². The Hall–Kier alpha value is -0.960. The summed E-state index contributed by atoms with van der Waals surface area (Å²) in [4.78, 5) is 22.4. The van der Waals surface area contributed by atoms with Crippen LogP contribution in [0.15, 0.2) is 12.3 Å². The van der Waals surface area contributed by atoms with E-state index in [1.165, 1.54) is 135 Å². The van der Waals surface area contributed by atoms with E-state index in [1.807, 2.05) is 6.08 Å². The Kier molecular flexibility index (Phi) is 35.1. The number of hydrogen-bond donors (Lipinski definition) is 3. The van der Waals surface area contributed by atoms with E-state index in [2.05, 4.69) is 13.8 Å². The molecule has 10 heteroatoms. The molecule has 0 aliphatic rings. The molecule has 1 unspecified atom stereocenters. The van der Waals surface area contributed by atoms with E-state index in [4.69, 9.17) is 23.6 Å². The SMILES string of the molecule is CCCCCCCCCCCCCCCCCC/C=C\OC[C@H](COP(=O)(O)OC[C@@H](O)CO)OC(=O)CCCCCCCCCCC. The first kappa shape index (κ1) is 47.0. The lowest BCUT2D eigenvalue weighted by Gasteiger charge is -2.20. The van der Waals surface area contributed by atoms with Crippen LogP contribution < -0.4 is 0 Å². The van der Waals surface area contributed by atoms with Gasteiger partial charge >= 0.3 is 13.8 Å². The average molecular weight is 707 g/mol. The van der Waals surface area contributed by atoms with Crippen molar-refractivity contribution in [1.29, 1.82) is 0 Å². The van der Waals surface area contributed by atoms with Gasteiger partial charge in [0, 0.05) is 6.42 Å². The Morgan fingerprint density at radius 3 is 1.50 bits per heavy atom. The van der Waals surface area contributed by atoms with Crippen LogP contribution in [0.3, 0.4) is 0 Å². The van der Waals surface area contributed by atoms with Crippen LogP contribution in [-0.2, 0) is 27.9 Å². The van der Waals surface area contributed by atoms with E-state index in [9.17, 15) is 19.4 Å². The van der Waals surface area contributed by atoms with Crippen molar-refractivity contribution >= 4 is 13.8 Å². The molecule has 286 valence electrons. The van der Waals surface area contributed by atoms with Crippen molar-refractivity contribution in [2.75, 3.05) is 26.4 Å². The summed E-state index contributed by atoms with van der Waals surface area (Å²) in [6.07, 6.45) is 34.1. The fourth-order valence-electron chi connectivity index (χ4n) is 5.50. The second kappa shape index (κ2) is 35.9. The molecule has 0 fully saturated rings. The van der Waals surface area contributed by atoms with Gasteiger partial charge in [-0.25, -0.2) is 4.57 Å². The minimum atomic E-state index is -4.52. The summed E-state index contributed by atoms with van der Waals surface area (Å²) < 4.78 is 32.9. The van der Waals surface area contributed by atoms with E-state index < -0.39 is 45.8 Å². The molecule has 3 N–H and O–H groups in total. The number of phosphoric ester groups is 1. The van der Waals surface area contributed by atoms with Gasteiger partial charge in [0.1, 0.15) is 12.7 Å². The minimum Gasteiger partial charge on any atom is -0.498 e. The van der Waals surface area contributed by atoms with Crippen molar-refractivity contribution in [3.63, 3.8) is 0 Å². The topological polar surface area (TPSA) is 132 Å². The van der Waals surface area contributed by atoms with Gasteiger partial charge in [0.25, 0.3) is 0 Å². The molecular weight excluding hydrogens is 631 g/mol. The molecule has 0 heterocycles. The minimum absolute atomic E-state index is 0.0295. The van der Waals surface area contributed by atoms with Crippen molar-refractivity contribution in [1.82, 2.24) is 0 Å². The maximum atomic E-state index is 12.5. The molecule has 0 aromatic rings. The molecule has 0 radical (unpaired) electrons. The molecule has 0 bridgehead atoms. The van der Waals surface area contributed by atoms with Gasteiger partial charge in [-0.15, -0.1) is 0 Å². The number of unbranched alkanes of at least 4 members (excludes halogenated alkanes) is 24. The van der Waals surface area contributed by atoms with Gasteiger partial charge in [-0.2, -0.15) is 0 Å². The van der Waals surface area contributed by atoms with E-state index >= 15 is 0 Å². The highest BCUT2D eigenvalue weighted by molar-refractivity contribution is 7.47. The number of esters is 1. The molecule has 0 aliphatic carbocycles. The molecule has 0 aromatic carbocycles. The molecule has 3 atom stereocenters. The summed E-state index contributed by atoms with van der Waals surface area (Å²) in [5.74, 6) is -0.406. The molecule has 0 saturated heterocycles. The van der Waals surface area contributed by atoms with Gasteiger partial charge < -0.3 is 24.6 Å². The molecule has 0 saturated carbocycles. The van der Waals surface area contributed by atoms with Crippen LogP contribution in [0.1, 0.15) is 187 Å². The van der Waals surface area contributed by atoms with Gasteiger partial charge in [-0.1, -0.05) is 162 Å². The third-order valence-electron chi connectivity index (χ3n) is 8.55. The third-order valence-corrected chi connectivity index (χ3v) is 9.50. The van der Waals surface area contributed by atoms with Crippen LogP contribution >= 0.6 is 7.82 Å².